The van der Waals surface area contributed by atoms with Crippen LogP contribution < -0.4 is 10.9 Å². The number of carbonyl (C=O) groups excluding carboxylic acids is 1. The van der Waals surface area contributed by atoms with Crippen LogP contribution in [0, 0.1) is 0 Å². The molecule has 1 aliphatic rings. The first-order chi connectivity index (χ1) is 15.2. The summed E-state index contributed by atoms with van der Waals surface area (Å²) in [7, 11) is -2.13. The van der Waals surface area contributed by atoms with E-state index in [1.165, 1.54) is 19.2 Å². The van der Waals surface area contributed by atoms with Gasteiger partial charge in [0.1, 0.15) is 0 Å². The molecule has 168 valence electrons. The Labute approximate surface area is 186 Å². The van der Waals surface area contributed by atoms with Gasteiger partial charge in [-0.15, -0.1) is 0 Å². The summed E-state index contributed by atoms with van der Waals surface area (Å²) in [5.41, 5.74) is 0.275. The van der Waals surface area contributed by atoms with Crippen LogP contribution in [-0.4, -0.2) is 40.5 Å². The lowest BCUT2D eigenvalue weighted by Gasteiger charge is -2.37. The van der Waals surface area contributed by atoms with E-state index < -0.39 is 15.9 Å². The van der Waals surface area contributed by atoms with Crippen LogP contribution in [0.2, 0.25) is 0 Å². The van der Waals surface area contributed by atoms with Gasteiger partial charge in [0.15, 0.2) is 5.69 Å². The highest BCUT2D eigenvalue weighted by atomic mass is 32.2. The van der Waals surface area contributed by atoms with E-state index in [9.17, 15) is 18.0 Å². The number of aryl methyl sites for hydroxylation is 1. The van der Waals surface area contributed by atoms with Crippen molar-refractivity contribution in [1.82, 2.24) is 14.1 Å². The van der Waals surface area contributed by atoms with E-state index in [-0.39, 0.29) is 28.2 Å². The van der Waals surface area contributed by atoms with Crippen molar-refractivity contribution in [2.45, 2.75) is 50.1 Å². The Balaban J connectivity index is 1.60. The summed E-state index contributed by atoms with van der Waals surface area (Å²) < 4.78 is 29.1. The second kappa shape index (κ2) is 8.48. The molecule has 2 heterocycles. The molecule has 1 aliphatic heterocycles. The Morgan fingerprint density at radius 1 is 1.00 bits per heavy atom. The minimum atomic E-state index is -3.63. The molecule has 0 unspecified atom stereocenters. The summed E-state index contributed by atoms with van der Waals surface area (Å²) in [6, 6.07) is 12.8. The van der Waals surface area contributed by atoms with Crippen LogP contribution in [0.5, 0.6) is 0 Å². The van der Waals surface area contributed by atoms with Crippen LogP contribution >= 0.6 is 0 Å². The molecule has 32 heavy (non-hydrogen) atoms. The van der Waals surface area contributed by atoms with Crippen LogP contribution in [0.4, 0.5) is 5.69 Å². The van der Waals surface area contributed by atoms with Crippen LogP contribution in [0.3, 0.4) is 0 Å². The number of hydrogen-bond acceptors (Lipinski definition) is 5. The molecule has 2 atom stereocenters. The summed E-state index contributed by atoms with van der Waals surface area (Å²) in [4.78, 5) is 25.4. The molecule has 0 saturated carbocycles. The maximum Gasteiger partial charge on any atom is 0.276 e. The lowest BCUT2D eigenvalue weighted by Crippen LogP contribution is -2.47. The van der Waals surface area contributed by atoms with Gasteiger partial charge in [0.2, 0.25) is 10.0 Å². The van der Waals surface area contributed by atoms with Gasteiger partial charge in [0.05, 0.1) is 10.3 Å². The fourth-order valence-electron chi connectivity index (χ4n) is 4.36. The molecule has 0 bridgehead atoms. The fraction of sp³-hybridized carbons (Fsp3) is 0.348. The molecule has 9 heteroatoms. The Morgan fingerprint density at radius 2 is 1.59 bits per heavy atom. The minimum absolute atomic E-state index is 0.0489. The molecule has 1 N–H and O–H groups in total. The molecule has 4 rings (SSSR count). The molecular formula is C23H26N4O4S. The number of fused-ring (bicyclic) bond motifs is 1. The maximum atomic E-state index is 13.2. The van der Waals surface area contributed by atoms with E-state index in [2.05, 4.69) is 10.4 Å². The van der Waals surface area contributed by atoms with Crippen molar-refractivity contribution in [3.8, 4) is 0 Å². The first-order valence-electron chi connectivity index (χ1n) is 10.6. The van der Waals surface area contributed by atoms with Gasteiger partial charge < -0.3 is 5.32 Å². The topological polar surface area (TPSA) is 101 Å². The molecule has 0 aliphatic carbocycles. The highest BCUT2D eigenvalue weighted by Gasteiger charge is 2.35. The van der Waals surface area contributed by atoms with Gasteiger partial charge in [-0.3, -0.25) is 9.59 Å². The van der Waals surface area contributed by atoms with Gasteiger partial charge in [0.25, 0.3) is 11.5 Å². The summed E-state index contributed by atoms with van der Waals surface area (Å²) in [5.74, 6) is -0.481. The Bertz CT molecular complexity index is 1320. The number of sulfonamides is 1. The molecule has 0 spiro atoms. The molecule has 0 radical (unpaired) electrons. The predicted octanol–water partition coefficient (Wildman–Crippen LogP) is 3.14. The SMILES string of the molecule is C[C@H]1CCC[C@H](C)N1S(=O)(=O)c1ccc(NC(=O)c2nn(C)c(=O)c3ccccc23)cc1. The quantitative estimate of drug-likeness (QED) is 0.653. The van der Waals surface area contributed by atoms with Crippen LogP contribution in [0.15, 0.2) is 58.2 Å². The van der Waals surface area contributed by atoms with Crippen molar-refractivity contribution >= 4 is 32.4 Å². The summed E-state index contributed by atoms with van der Waals surface area (Å²) in [6.45, 7) is 3.87. The number of nitrogens with zero attached hydrogens (tertiary/aromatic N) is 3. The number of piperidine rings is 1. The highest BCUT2D eigenvalue weighted by Crippen LogP contribution is 2.30. The van der Waals surface area contributed by atoms with Crippen LogP contribution in [0.25, 0.3) is 10.8 Å². The number of amides is 1. The van der Waals surface area contributed by atoms with E-state index >= 15 is 0 Å². The van der Waals surface area contributed by atoms with Crippen molar-refractivity contribution < 1.29 is 13.2 Å². The summed E-state index contributed by atoms with van der Waals surface area (Å²) in [6.07, 6.45) is 2.71. The number of anilines is 1. The van der Waals surface area contributed by atoms with Crippen molar-refractivity contribution in [1.29, 1.82) is 0 Å². The van der Waals surface area contributed by atoms with E-state index in [1.807, 2.05) is 13.8 Å². The molecule has 8 nitrogen and oxygen atoms in total. The van der Waals surface area contributed by atoms with Crippen molar-refractivity contribution in [3.05, 3.63) is 64.6 Å². The monoisotopic (exact) mass is 454 g/mol. The number of rotatable bonds is 4. The first kappa shape index (κ1) is 22.2. The highest BCUT2D eigenvalue weighted by molar-refractivity contribution is 7.89. The maximum absolute atomic E-state index is 13.2. The Kier molecular flexibility index (Phi) is 5.87. The smallest absolute Gasteiger partial charge is 0.276 e. The second-order valence-corrected chi connectivity index (χ2v) is 10.1. The number of carbonyl (C=O) groups is 1. The van der Waals surface area contributed by atoms with Crippen LogP contribution in [0.1, 0.15) is 43.6 Å². The normalized spacial score (nSPS) is 19.7. The molecule has 1 amide bonds. The average molecular weight is 455 g/mol. The zero-order valence-electron chi connectivity index (χ0n) is 18.3. The third-order valence-corrected chi connectivity index (χ3v) is 8.11. The Hall–Kier alpha value is -3.04. The van der Waals surface area contributed by atoms with Crippen molar-refractivity contribution in [3.63, 3.8) is 0 Å². The van der Waals surface area contributed by atoms with E-state index in [4.69, 9.17) is 0 Å². The molecule has 1 aromatic heterocycles. The lowest BCUT2D eigenvalue weighted by atomic mass is 10.0. The number of nitrogens with one attached hydrogen (secondary N) is 1. The number of hydrogen-bond donors (Lipinski definition) is 1. The largest absolute Gasteiger partial charge is 0.321 e. The fourth-order valence-corrected chi connectivity index (χ4v) is 6.24. The van der Waals surface area contributed by atoms with E-state index in [0.717, 1.165) is 23.9 Å². The van der Waals surface area contributed by atoms with E-state index in [1.54, 1.807) is 40.7 Å². The minimum Gasteiger partial charge on any atom is -0.321 e. The van der Waals surface area contributed by atoms with Gasteiger partial charge in [-0.25, -0.2) is 13.1 Å². The predicted molar refractivity (Wildman–Crippen MR) is 123 cm³/mol. The average Bonchev–Trinajstić information content (AvgIpc) is 2.76. The van der Waals surface area contributed by atoms with E-state index in [0.29, 0.717) is 16.5 Å². The third kappa shape index (κ3) is 3.93. The lowest BCUT2D eigenvalue weighted by molar-refractivity contribution is 0.102. The van der Waals surface area contributed by atoms with Gasteiger partial charge >= 0.3 is 0 Å². The zero-order chi connectivity index (χ0) is 23.0. The van der Waals surface area contributed by atoms with Crippen molar-refractivity contribution in [2.24, 2.45) is 7.05 Å². The molecule has 1 fully saturated rings. The molecule has 1 saturated heterocycles. The zero-order valence-corrected chi connectivity index (χ0v) is 19.1. The number of benzene rings is 2. The van der Waals surface area contributed by atoms with Crippen LogP contribution in [-0.2, 0) is 17.1 Å². The van der Waals surface area contributed by atoms with Gasteiger partial charge in [-0.2, -0.15) is 9.40 Å². The first-order valence-corrected chi connectivity index (χ1v) is 12.0. The van der Waals surface area contributed by atoms with Gasteiger partial charge in [-0.1, -0.05) is 24.6 Å². The van der Waals surface area contributed by atoms with Crippen molar-refractivity contribution in [2.75, 3.05) is 5.32 Å². The molecule has 2 aromatic carbocycles. The second-order valence-electron chi connectivity index (χ2n) is 8.27. The Morgan fingerprint density at radius 3 is 2.22 bits per heavy atom. The molecular weight excluding hydrogens is 428 g/mol. The molecule has 3 aromatic rings. The summed E-state index contributed by atoms with van der Waals surface area (Å²) in [5, 5.41) is 7.73. The summed E-state index contributed by atoms with van der Waals surface area (Å²) >= 11 is 0. The number of aromatic nitrogens is 2. The van der Waals surface area contributed by atoms with Gasteiger partial charge in [-0.05, 0) is 57.0 Å². The standard InChI is InChI=1S/C23H26N4O4S/c1-15-7-6-8-16(2)27(15)32(30,31)18-13-11-17(12-14-18)24-22(28)21-19-9-4-5-10-20(19)23(29)26(3)25-21/h4-5,9-16H,6-8H2,1-3H3,(H,24,28)/t15-,16-/m0/s1. The third-order valence-electron chi connectivity index (χ3n) is 5.97. The van der Waals surface area contributed by atoms with Gasteiger partial charge in [0, 0.05) is 30.2 Å².